The van der Waals surface area contributed by atoms with Crippen LogP contribution in [-0.4, -0.2) is 27.0 Å². The summed E-state index contributed by atoms with van der Waals surface area (Å²) in [5.41, 5.74) is 1.25. The number of carbonyl (C=O) groups is 1. The smallest absolute Gasteiger partial charge is 0.309 e. The fourth-order valence-electron chi connectivity index (χ4n) is 2.43. The molecule has 0 aliphatic carbocycles. The minimum atomic E-state index is -0.352. The number of para-hydroxylation sites is 1. The number of rotatable bonds is 1. The summed E-state index contributed by atoms with van der Waals surface area (Å²) < 4.78 is 1.94. The van der Waals surface area contributed by atoms with Crippen LogP contribution in [0.25, 0.3) is 10.9 Å². The second-order valence-corrected chi connectivity index (χ2v) is 5.50. The molecule has 0 bridgehead atoms. The minimum Gasteiger partial charge on any atom is -0.369 e. The Balaban J connectivity index is 1.95. The Morgan fingerprint density at radius 2 is 2.29 bits per heavy atom. The molecule has 6 nitrogen and oxygen atoms in total. The van der Waals surface area contributed by atoms with Gasteiger partial charge in [0.15, 0.2) is 5.01 Å². The lowest BCUT2D eigenvalue weighted by Gasteiger charge is -2.07. The predicted molar refractivity (Wildman–Crippen MR) is 80.2 cm³/mol. The van der Waals surface area contributed by atoms with E-state index in [0.717, 1.165) is 29.8 Å². The largest absolute Gasteiger partial charge is 0.369 e. The molecule has 0 saturated carbocycles. The lowest BCUT2D eigenvalue weighted by atomic mass is 10.2. The van der Waals surface area contributed by atoms with E-state index in [9.17, 15) is 4.79 Å². The van der Waals surface area contributed by atoms with Gasteiger partial charge in [0.05, 0.1) is 5.52 Å². The maximum absolute atomic E-state index is 12.1. The summed E-state index contributed by atoms with van der Waals surface area (Å²) in [7, 11) is 0. The normalized spacial score (nSPS) is 14.2. The fraction of sp³-hybridized carbons (Fsp3) is 0.143. The van der Waals surface area contributed by atoms with Gasteiger partial charge >= 0.3 is 5.91 Å². The van der Waals surface area contributed by atoms with E-state index >= 15 is 0 Å². The van der Waals surface area contributed by atoms with E-state index in [-0.39, 0.29) is 5.91 Å². The van der Waals surface area contributed by atoms with Gasteiger partial charge in [0, 0.05) is 30.1 Å². The van der Waals surface area contributed by atoms with Gasteiger partial charge in [-0.1, -0.05) is 12.1 Å². The Kier molecular flexibility index (Phi) is 2.78. The number of aromatic nitrogens is 3. The molecule has 104 valence electrons. The number of nitrogens with zero attached hydrogens (tertiary/aromatic N) is 4. The van der Waals surface area contributed by atoms with Gasteiger partial charge in [0.1, 0.15) is 5.82 Å². The third kappa shape index (κ3) is 2.02. The second-order valence-electron chi connectivity index (χ2n) is 4.61. The van der Waals surface area contributed by atoms with Crippen molar-refractivity contribution in [3.05, 3.63) is 46.5 Å². The van der Waals surface area contributed by atoms with Crippen molar-refractivity contribution in [2.75, 3.05) is 11.9 Å². The number of hydrogen-bond donors (Lipinski definition) is 1. The summed E-state index contributed by atoms with van der Waals surface area (Å²) in [6.07, 6.45) is 1.60. The van der Waals surface area contributed by atoms with Gasteiger partial charge in [-0.25, -0.2) is 9.97 Å². The maximum atomic E-state index is 12.1. The Morgan fingerprint density at radius 1 is 1.38 bits per heavy atom. The molecule has 3 heterocycles. The monoisotopic (exact) mass is 297 g/mol. The van der Waals surface area contributed by atoms with Gasteiger partial charge in [-0.2, -0.15) is 4.99 Å². The zero-order chi connectivity index (χ0) is 14.2. The van der Waals surface area contributed by atoms with E-state index in [2.05, 4.69) is 20.3 Å². The number of hydrogen-bond acceptors (Lipinski definition) is 5. The zero-order valence-electron chi connectivity index (χ0n) is 11.0. The second kappa shape index (κ2) is 4.78. The van der Waals surface area contributed by atoms with Crippen LogP contribution >= 0.6 is 11.3 Å². The summed E-state index contributed by atoms with van der Waals surface area (Å²) in [4.78, 5) is 24.8. The van der Waals surface area contributed by atoms with E-state index in [4.69, 9.17) is 0 Å². The molecular weight excluding hydrogens is 286 g/mol. The Morgan fingerprint density at radius 3 is 3.14 bits per heavy atom. The number of amides is 1. The van der Waals surface area contributed by atoms with Crippen LogP contribution in [0.15, 0.2) is 40.8 Å². The molecule has 1 aromatic carbocycles. The van der Waals surface area contributed by atoms with E-state index in [1.54, 1.807) is 11.6 Å². The zero-order valence-corrected chi connectivity index (χ0v) is 11.8. The summed E-state index contributed by atoms with van der Waals surface area (Å²) >= 11 is 1.28. The number of benzene rings is 1. The summed E-state index contributed by atoms with van der Waals surface area (Å²) in [5.74, 6) is 0.612. The van der Waals surface area contributed by atoms with Gasteiger partial charge in [0.2, 0.25) is 5.62 Å². The van der Waals surface area contributed by atoms with Gasteiger partial charge in [-0.3, -0.25) is 9.36 Å². The van der Waals surface area contributed by atoms with E-state index in [0.29, 0.717) is 10.6 Å². The van der Waals surface area contributed by atoms with Gasteiger partial charge in [0.25, 0.3) is 0 Å². The van der Waals surface area contributed by atoms with Crippen LogP contribution < -0.4 is 10.9 Å². The molecular formula is C14H11N5OS. The standard InChI is InChI=1S/C14H11N5OS/c20-12(13-16-6-8-21-13)18-14-17-10-4-2-1-3-9(10)11-15-5-7-19(11)14/h1-4,6,8,15H,5,7H2. The molecule has 7 heteroatoms. The van der Waals surface area contributed by atoms with Crippen LogP contribution in [0, 0.1) is 0 Å². The van der Waals surface area contributed by atoms with Crippen molar-refractivity contribution in [2.45, 2.75) is 6.54 Å². The molecule has 2 aromatic heterocycles. The number of nitrogens with one attached hydrogen (secondary N) is 1. The Labute approximate surface area is 123 Å². The van der Waals surface area contributed by atoms with Crippen LogP contribution in [0.3, 0.4) is 0 Å². The molecule has 0 saturated heterocycles. The van der Waals surface area contributed by atoms with Crippen molar-refractivity contribution in [3.63, 3.8) is 0 Å². The number of carbonyl (C=O) groups excluding carboxylic acids is 1. The van der Waals surface area contributed by atoms with Crippen molar-refractivity contribution < 1.29 is 4.79 Å². The molecule has 0 atom stereocenters. The average molecular weight is 297 g/mol. The van der Waals surface area contributed by atoms with Crippen molar-refractivity contribution in [3.8, 4) is 0 Å². The van der Waals surface area contributed by atoms with Crippen LogP contribution in [0.5, 0.6) is 0 Å². The van der Waals surface area contributed by atoms with Crippen molar-refractivity contribution in [2.24, 2.45) is 4.99 Å². The SMILES string of the molecule is O=C(N=c1nc2ccccc2c2n1CCN2)c1nccs1. The van der Waals surface area contributed by atoms with Crippen LogP contribution in [-0.2, 0) is 6.54 Å². The third-order valence-electron chi connectivity index (χ3n) is 3.34. The molecule has 0 unspecified atom stereocenters. The van der Waals surface area contributed by atoms with Crippen molar-refractivity contribution >= 4 is 34.0 Å². The van der Waals surface area contributed by atoms with Crippen molar-refractivity contribution in [1.82, 2.24) is 14.5 Å². The average Bonchev–Trinajstić information content (AvgIpc) is 3.19. The Hall–Kier alpha value is -2.54. The lowest BCUT2D eigenvalue weighted by molar-refractivity contribution is 0.0996. The first kappa shape index (κ1) is 12.2. The summed E-state index contributed by atoms with van der Waals surface area (Å²) in [6.45, 7) is 1.56. The number of fused-ring (bicyclic) bond motifs is 3. The molecule has 0 fully saturated rings. The van der Waals surface area contributed by atoms with Crippen LogP contribution in [0.4, 0.5) is 5.82 Å². The van der Waals surface area contributed by atoms with Gasteiger partial charge in [-0.05, 0) is 12.1 Å². The summed E-state index contributed by atoms with van der Waals surface area (Å²) in [6, 6.07) is 7.83. The van der Waals surface area contributed by atoms with Gasteiger partial charge in [-0.15, -0.1) is 11.3 Å². The number of thiazole rings is 1. The highest BCUT2D eigenvalue weighted by Crippen LogP contribution is 2.22. The molecule has 21 heavy (non-hydrogen) atoms. The molecule has 1 aliphatic heterocycles. The minimum absolute atomic E-state index is 0.352. The first-order valence-corrected chi connectivity index (χ1v) is 7.43. The van der Waals surface area contributed by atoms with Gasteiger partial charge < -0.3 is 5.32 Å². The molecule has 1 N–H and O–H groups in total. The van der Waals surface area contributed by atoms with E-state index in [1.807, 2.05) is 28.8 Å². The molecule has 0 spiro atoms. The predicted octanol–water partition coefficient (Wildman–Crippen LogP) is 1.66. The molecule has 3 aromatic rings. The lowest BCUT2D eigenvalue weighted by Crippen LogP contribution is -2.24. The topological polar surface area (TPSA) is 72.2 Å². The third-order valence-corrected chi connectivity index (χ3v) is 4.10. The molecule has 1 amide bonds. The molecule has 1 aliphatic rings. The highest BCUT2D eigenvalue weighted by Gasteiger charge is 2.16. The maximum Gasteiger partial charge on any atom is 0.309 e. The van der Waals surface area contributed by atoms with Crippen LogP contribution in [0.1, 0.15) is 9.80 Å². The van der Waals surface area contributed by atoms with Crippen LogP contribution in [0.2, 0.25) is 0 Å². The van der Waals surface area contributed by atoms with Crippen molar-refractivity contribution in [1.29, 1.82) is 0 Å². The highest BCUT2D eigenvalue weighted by atomic mass is 32.1. The number of anilines is 1. The molecule has 0 radical (unpaired) electrons. The highest BCUT2D eigenvalue weighted by molar-refractivity contribution is 7.11. The first-order chi connectivity index (χ1) is 10.3. The van der Waals surface area contributed by atoms with E-state index in [1.165, 1.54) is 11.3 Å². The first-order valence-electron chi connectivity index (χ1n) is 6.55. The summed E-state index contributed by atoms with van der Waals surface area (Å²) in [5, 5.41) is 6.51. The Bertz CT molecular complexity index is 897. The van der Waals surface area contributed by atoms with E-state index < -0.39 is 0 Å². The molecule has 4 rings (SSSR count). The fourth-order valence-corrected chi connectivity index (χ4v) is 2.95. The quantitative estimate of drug-likeness (QED) is 0.741.